The smallest absolute Gasteiger partial charge is 0.354 e. The Balaban J connectivity index is 1.54. The highest BCUT2D eigenvalue weighted by Gasteiger charge is 2.31. The first kappa shape index (κ1) is 17.4. The number of carbonyl (C=O) groups excluding carboxylic acids is 1. The number of aromatic nitrogens is 1. The third-order valence-corrected chi connectivity index (χ3v) is 4.23. The number of halogens is 3. The number of Topliss-reactive ketones (excluding diaryl/α,β-unsaturated/α-hetero) is 1. The van der Waals surface area contributed by atoms with Crippen LogP contribution in [0.5, 0.6) is 0 Å². The van der Waals surface area contributed by atoms with E-state index in [-0.39, 0.29) is 5.78 Å². The fraction of sp³-hybridized carbons (Fsp3) is 0.333. The highest BCUT2D eigenvalue weighted by Crippen LogP contribution is 2.29. The van der Waals surface area contributed by atoms with Crippen LogP contribution in [0.2, 0.25) is 0 Å². The minimum absolute atomic E-state index is 0.0710. The summed E-state index contributed by atoms with van der Waals surface area (Å²) in [7, 11) is 0. The number of hydrogen-bond donors (Lipinski definition) is 0. The standard InChI is InChI=1S/C18H18F3N3O/c19-18(20,21)15-6-7-17(22-12-15)24-10-8-23(9-11-24)13-16(25)14-4-2-1-3-5-14/h1-7,12H,8-11,13H2. The summed E-state index contributed by atoms with van der Waals surface area (Å²) in [6, 6.07) is 11.6. The van der Waals surface area contributed by atoms with Gasteiger partial charge in [-0.3, -0.25) is 9.69 Å². The van der Waals surface area contributed by atoms with Gasteiger partial charge in [0.25, 0.3) is 0 Å². The Labute approximate surface area is 143 Å². The lowest BCUT2D eigenvalue weighted by Gasteiger charge is -2.35. The van der Waals surface area contributed by atoms with Crippen molar-refractivity contribution in [3.8, 4) is 0 Å². The Morgan fingerprint density at radius 1 is 1.00 bits per heavy atom. The van der Waals surface area contributed by atoms with Crippen molar-refractivity contribution in [2.45, 2.75) is 6.18 Å². The molecule has 0 saturated carbocycles. The first-order valence-electron chi connectivity index (χ1n) is 8.02. The van der Waals surface area contributed by atoms with Gasteiger partial charge in [0.2, 0.25) is 0 Å². The van der Waals surface area contributed by atoms with Gasteiger partial charge in [0.15, 0.2) is 5.78 Å². The first-order valence-corrected chi connectivity index (χ1v) is 8.02. The van der Waals surface area contributed by atoms with Crippen LogP contribution in [0.1, 0.15) is 15.9 Å². The number of carbonyl (C=O) groups is 1. The maximum Gasteiger partial charge on any atom is 0.417 e. The minimum atomic E-state index is -4.37. The predicted molar refractivity (Wildman–Crippen MR) is 88.7 cm³/mol. The lowest BCUT2D eigenvalue weighted by Crippen LogP contribution is -2.48. The summed E-state index contributed by atoms with van der Waals surface area (Å²) in [6.07, 6.45) is -3.51. The number of nitrogens with zero attached hydrogens (tertiary/aromatic N) is 3. The van der Waals surface area contributed by atoms with E-state index in [1.54, 1.807) is 12.1 Å². The minimum Gasteiger partial charge on any atom is -0.354 e. The van der Waals surface area contributed by atoms with Gasteiger partial charge in [-0.1, -0.05) is 30.3 Å². The molecule has 0 unspecified atom stereocenters. The topological polar surface area (TPSA) is 36.4 Å². The number of benzene rings is 1. The van der Waals surface area contributed by atoms with Gasteiger partial charge < -0.3 is 4.90 Å². The Morgan fingerprint density at radius 3 is 2.24 bits per heavy atom. The van der Waals surface area contributed by atoms with Gasteiger partial charge in [-0.15, -0.1) is 0 Å². The molecule has 25 heavy (non-hydrogen) atoms. The zero-order chi connectivity index (χ0) is 17.9. The molecule has 132 valence electrons. The molecule has 7 heteroatoms. The number of anilines is 1. The molecule has 3 rings (SSSR count). The summed E-state index contributed by atoms with van der Waals surface area (Å²) in [4.78, 5) is 20.1. The van der Waals surface area contributed by atoms with Crippen LogP contribution < -0.4 is 4.90 Å². The van der Waals surface area contributed by atoms with Gasteiger partial charge in [0.1, 0.15) is 5.82 Å². The molecule has 0 atom stereocenters. The fourth-order valence-corrected chi connectivity index (χ4v) is 2.79. The molecule has 2 aromatic rings. The van der Waals surface area contributed by atoms with E-state index in [1.807, 2.05) is 23.1 Å². The summed E-state index contributed by atoms with van der Waals surface area (Å²) < 4.78 is 37.7. The zero-order valence-electron chi connectivity index (χ0n) is 13.5. The second-order valence-electron chi connectivity index (χ2n) is 5.96. The molecule has 0 radical (unpaired) electrons. The van der Waals surface area contributed by atoms with Crippen LogP contribution >= 0.6 is 0 Å². The fourth-order valence-electron chi connectivity index (χ4n) is 2.79. The number of piperazine rings is 1. The highest BCUT2D eigenvalue weighted by atomic mass is 19.4. The van der Waals surface area contributed by atoms with Crippen LogP contribution in [0.4, 0.5) is 19.0 Å². The lowest BCUT2D eigenvalue weighted by molar-refractivity contribution is -0.137. The maximum atomic E-state index is 12.6. The molecule has 0 amide bonds. The van der Waals surface area contributed by atoms with Gasteiger partial charge in [-0.05, 0) is 12.1 Å². The van der Waals surface area contributed by atoms with Gasteiger partial charge in [0, 0.05) is 37.9 Å². The van der Waals surface area contributed by atoms with E-state index >= 15 is 0 Å². The molecule has 1 aliphatic rings. The van der Waals surface area contributed by atoms with Gasteiger partial charge in [-0.25, -0.2) is 4.98 Å². The number of alkyl halides is 3. The number of rotatable bonds is 4. The molecule has 1 fully saturated rings. The molecular weight excluding hydrogens is 331 g/mol. The van der Waals surface area contributed by atoms with Crippen molar-refractivity contribution < 1.29 is 18.0 Å². The van der Waals surface area contributed by atoms with Crippen molar-refractivity contribution in [3.05, 3.63) is 59.8 Å². The summed E-state index contributed by atoms with van der Waals surface area (Å²) in [5.74, 6) is 0.601. The van der Waals surface area contributed by atoms with Crippen LogP contribution in [-0.2, 0) is 6.18 Å². The first-order chi connectivity index (χ1) is 11.9. The van der Waals surface area contributed by atoms with Crippen molar-refractivity contribution in [1.82, 2.24) is 9.88 Å². The quantitative estimate of drug-likeness (QED) is 0.795. The average Bonchev–Trinajstić information content (AvgIpc) is 2.62. The van der Waals surface area contributed by atoms with E-state index in [2.05, 4.69) is 9.88 Å². The number of ketones is 1. The highest BCUT2D eigenvalue weighted by molar-refractivity contribution is 5.97. The third-order valence-electron chi connectivity index (χ3n) is 4.23. The van der Waals surface area contributed by atoms with E-state index in [0.717, 1.165) is 12.3 Å². The maximum absolute atomic E-state index is 12.6. The SMILES string of the molecule is O=C(CN1CCN(c2ccc(C(F)(F)F)cn2)CC1)c1ccccc1. The molecule has 4 nitrogen and oxygen atoms in total. The molecule has 1 aromatic carbocycles. The van der Waals surface area contributed by atoms with Crippen LogP contribution in [0.25, 0.3) is 0 Å². The van der Waals surface area contributed by atoms with Crippen LogP contribution in [0, 0.1) is 0 Å². The molecule has 1 aliphatic heterocycles. The van der Waals surface area contributed by atoms with E-state index in [9.17, 15) is 18.0 Å². The molecule has 1 aromatic heterocycles. The normalized spacial score (nSPS) is 16.0. The molecule has 1 saturated heterocycles. The van der Waals surface area contributed by atoms with Crippen LogP contribution in [0.15, 0.2) is 48.7 Å². The Bertz CT molecular complexity index is 709. The molecule has 0 N–H and O–H groups in total. The molecule has 2 heterocycles. The summed E-state index contributed by atoms with van der Waals surface area (Å²) in [5.41, 5.74) is -0.0577. The predicted octanol–water partition coefficient (Wildman–Crippen LogP) is 3.11. The van der Waals surface area contributed by atoms with Gasteiger partial charge >= 0.3 is 6.18 Å². The largest absolute Gasteiger partial charge is 0.417 e. The number of hydrogen-bond acceptors (Lipinski definition) is 4. The van der Waals surface area contributed by atoms with Crippen molar-refractivity contribution >= 4 is 11.6 Å². The zero-order valence-corrected chi connectivity index (χ0v) is 13.5. The number of pyridine rings is 1. The van der Waals surface area contributed by atoms with Crippen molar-refractivity contribution in [2.75, 3.05) is 37.6 Å². The van der Waals surface area contributed by atoms with E-state index in [0.29, 0.717) is 44.1 Å². The van der Waals surface area contributed by atoms with Crippen molar-refractivity contribution in [3.63, 3.8) is 0 Å². The Morgan fingerprint density at radius 2 is 1.68 bits per heavy atom. The molecular formula is C18H18F3N3O. The molecule has 0 bridgehead atoms. The summed E-state index contributed by atoms with van der Waals surface area (Å²) >= 11 is 0. The van der Waals surface area contributed by atoms with Crippen LogP contribution in [-0.4, -0.2) is 48.4 Å². The Hall–Kier alpha value is -2.41. The van der Waals surface area contributed by atoms with Crippen molar-refractivity contribution in [2.24, 2.45) is 0 Å². The van der Waals surface area contributed by atoms with Crippen molar-refractivity contribution in [1.29, 1.82) is 0 Å². The van der Waals surface area contributed by atoms with E-state index < -0.39 is 11.7 Å². The van der Waals surface area contributed by atoms with E-state index in [1.165, 1.54) is 6.07 Å². The van der Waals surface area contributed by atoms with Gasteiger partial charge in [-0.2, -0.15) is 13.2 Å². The monoisotopic (exact) mass is 349 g/mol. The van der Waals surface area contributed by atoms with Crippen LogP contribution in [0.3, 0.4) is 0 Å². The summed E-state index contributed by atoms with van der Waals surface area (Å²) in [5, 5.41) is 0. The van der Waals surface area contributed by atoms with Gasteiger partial charge in [0.05, 0.1) is 12.1 Å². The lowest BCUT2D eigenvalue weighted by atomic mass is 10.1. The molecule has 0 aliphatic carbocycles. The second-order valence-corrected chi connectivity index (χ2v) is 5.96. The second kappa shape index (κ2) is 7.23. The average molecular weight is 349 g/mol. The summed E-state index contributed by atoms with van der Waals surface area (Å²) in [6.45, 7) is 2.93. The molecule has 0 spiro atoms. The Kier molecular flexibility index (Phi) is 5.03. The third kappa shape index (κ3) is 4.36. The van der Waals surface area contributed by atoms with E-state index in [4.69, 9.17) is 0 Å².